The van der Waals surface area contributed by atoms with Crippen molar-refractivity contribution in [2.75, 3.05) is 53.1 Å². The van der Waals surface area contributed by atoms with Crippen molar-refractivity contribution in [3.8, 4) is 11.5 Å². The topological polar surface area (TPSA) is 89.3 Å². The van der Waals surface area contributed by atoms with Crippen molar-refractivity contribution >= 4 is 5.91 Å². The molecule has 1 amide bonds. The van der Waals surface area contributed by atoms with Crippen molar-refractivity contribution in [2.24, 2.45) is 0 Å². The van der Waals surface area contributed by atoms with E-state index in [2.05, 4.69) is 5.10 Å². The van der Waals surface area contributed by atoms with E-state index < -0.39 is 17.2 Å². The third-order valence-corrected chi connectivity index (χ3v) is 6.69. The fourth-order valence-corrected chi connectivity index (χ4v) is 4.82. The van der Waals surface area contributed by atoms with Crippen molar-refractivity contribution in [1.82, 2.24) is 19.6 Å². The van der Waals surface area contributed by atoms with Gasteiger partial charge in [-0.2, -0.15) is 5.10 Å². The normalized spacial score (nSPS) is 18.0. The number of aliphatic hydroxyl groups is 1. The van der Waals surface area contributed by atoms with Gasteiger partial charge in [0.25, 0.3) is 0 Å². The molecule has 0 radical (unpaired) electrons. The maximum absolute atomic E-state index is 13.7. The quantitative estimate of drug-likeness (QED) is 0.387. The van der Waals surface area contributed by atoms with Crippen molar-refractivity contribution in [2.45, 2.75) is 32.5 Å². The van der Waals surface area contributed by atoms with Crippen molar-refractivity contribution in [1.29, 1.82) is 0 Å². The molecule has 1 N–H and O–H groups in total. The number of amides is 1. The van der Waals surface area contributed by atoms with E-state index in [1.165, 1.54) is 18.1 Å². The van der Waals surface area contributed by atoms with Crippen LogP contribution in [0.5, 0.6) is 11.5 Å². The minimum Gasteiger partial charge on any atom is -0.492 e. The Labute approximate surface area is 232 Å². The third-order valence-electron chi connectivity index (χ3n) is 6.69. The summed E-state index contributed by atoms with van der Waals surface area (Å²) in [5.74, 6) is -1.47. The number of aromatic nitrogens is 2. The number of carbonyl (C=O) groups is 1. The molecule has 2 heterocycles. The molecule has 40 heavy (non-hydrogen) atoms. The summed E-state index contributed by atoms with van der Waals surface area (Å²) in [6.07, 6.45) is 0. The van der Waals surface area contributed by atoms with E-state index in [0.717, 1.165) is 34.8 Å². The van der Waals surface area contributed by atoms with Gasteiger partial charge in [0.1, 0.15) is 36.9 Å². The molecule has 11 heteroatoms. The lowest BCUT2D eigenvalue weighted by molar-refractivity contribution is -0.138. The third kappa shape index (κ3) is 8.00. The standard InChI is InChI=1S/C29H36F2N4O5/c1-21-13-22(2)35(32-21)11-12-39-24-6-4-5-23(14-24)16-33-9-10-34(28(36)17-38-3)19-29(37,18-33)20-40-25-7-8-26(30)27(31)15-25/h4-8,13-15,37H,9-12,16-20H2,1-3H3/t29-/m1/s1. The van der Waals surface area contributed by atoms with Crippen LogP contribution in [0.2, 0.25) is 0 Å². The highest BCUT2D eigenvalue weighted by molar-refractivity contribution is 5.77. The number of methoxy groups -OCH3 is 1. The Balaban J connectivity index is 1.42. The van der Waals surface area contributed by atoms with Gasteiger partial charge < -0.3 is 24.2 Å². The average Bonchev–Trinajstić information content (AvgIpc) is 3.13. The molecule has 4 rings (SSSR count). The molecule has 216 valence electrons. The molecule has 0 bridgehead atoms. The molecule has 0 aliphatic carbocycles. The summed E-state index contributed by atoms with van der Waals surface area (Å²) < 4.78 is 45.6. The second-order valence-corrected chi connectivity index (χ2v) is 10.2. The van der Waals surface area contributed by atoms with Crippen LogP contribution in [0.4, 0.5) is 8.78 Å². The Bertz CT molecular complexity index is 1300. The molecule has 1 aliphatic heterocycles. The summed E-state index contributed by atoms with van der Waals surface area (Å²) in [6.45, 7) is 6.31. The van der Waals surface area contributed by atoms with Gasteiger partial charge in [-0.15, -0.1) is 0 Å². The lowest BCUT2D eigenvalue weighted by Gasteiger charge is -2.33. The largest absolute Gasteiger partial charge is 0.492 e. The molecule has 1 aromatic heterocycles. The zero-order valence-electron chi connectivity index (χ0n) is 23.1. The van der Waals surface area contributed by atoms with Crippen molar-refractivity contribution in [3.05, 3.63) is 77.1 Å². The molecule has 1 atom stereocenters. The van der Waals surface area contributed by atoms with Gasteiger partial charge in [0.15, 0.2) is 11.6 Å². The van der Waals surface area contributed by atoms with E-state index in [1.807, 2.05) is 53.8 Å². The van der Waals surface area contributed by atoms with Crippen LogP contribution in [-0.4, -0.2) is 89.3 Å². The van der Waals surface area contributed by atoms with Gasteiger partial charge in [-0.05, 0) is 49.7 Å². The minimum absolute atomic E-state index is 0.00480. The smallest absolute Gasteiger partial charge is 0.248 e. The molecular weight excluding hydrogens is 522 g/mol. The minimum atomic E-state index is -1.47. The Morgan fingerprint density at radius 3 is 2.55 bits per heavy atom. The van der Waals surface area contributed by atoms with Gasteiger partial charge in [-0.25, -0.2) is 8.78 Å². The van der Waals surface area contributed by atoms with Crippen LogP contribution in [0, 0.1) is 25.5 Å². The lowest BCUT2D eigenvalue weighted by Crippen LogP contribution is -2.52. The van der Waals surface area contributed by atoms with Gasteiger partial charge in [0.05, 0.1) is 18.8 Å². The first-order valence-corrected chi connectivity index (χ1v) is 13.2. The van der Waals surface area contributed by atoms with Crippen LogP contribution in [0.25, 0.3) is 0 Å². The van der Waals surface area contributed by atoms with Gasteiger partial charge in [-0.3, -0.25) is 14.4 Å². The van der Waals surface area contributed by atoms with Crippen LogP contribution in [0.1, 0.15) is 17.0 Å². The molecule has 1 fully saturated rings. The first kappa shape index (κ1) is 29.4. The van der Waals surface area contributed by atoms with E-state index in [-0.39, 0.29) is 38.0 Å². The van der Waals surface area contributed by atoms with Crippen LogP contribution < -0.4 is 9.47 Å². The number of hydrogen-bond acceptors (Lipinski definition) is 7. The van der Waals surface area contributed by atoms with Crippen LogP contribution >= 0.6 is 0 Å². The molecular formula is C29H36F2N4O5. The summed E-state index contributed by atoms with van der Waals surface area (Å²) in [5, 5.41) is 16.0. The summed E-state index contributed by atoms with van der Waals surface area (Å²) in [4.78, 5) is 16.2. The summed E-state index contributed by atoms with van der Waals surface area (Å²) >= 11 is 0. The Hall–Kier alpha value is -3.54. The Kier molecular flexibility index (Phi) is 9.72. The van der Waals surface area contributed by atoms with Gasteiger partial charge >= 0.3 is 0 Å². The van der Waals surface area contributed by atoms with Crippen LogP contribution in [0.3, 0.4) is 0 Å². The van der Waals surface area contributed by atoms with E-state index in [0.29, 0.717) is 32.8 Å². The molecule has 0 saturated carbocycles. The molecule has 9 nitrogen and oxygen atoms in total. The number of ether oxygens (including phenoxy) is 3. The molecule has 0 spiro atoms. The summed E-state index contributed by atoms with van der Waals surface area (Å²) in [6, 6.07) is 13.0. The number of halogens is 2. The number of carbonyl (C=O) groups excluding carboxylic acids is 1. The Morgan fingerprint density at radius 2 is 1.82 bits per heavy atom. The number of nitrogens with zero attached hydrogens (tertiary/aromatic N) is 4. The van der Waals surface area contributed by atoms with E-state index in [1.54, 1.807) is 0 Å². The number of rotatable bonds is 11. The highest BCUT2D eigenvalue weighted by Crippen LogP contribution is 2.22. The SMILES string of the molecule is COCC(=O)N1CCN(Cc2cccc(OCCn3nc(C)cc3C)c2)C[C@](O)(COc2ccc(F)c(F)c2)C1. The molecule has 0 unspecified atom stereocenters. The maximum atomic E-state index is 13.7. The molecule has 3 aromatic rings. The van der Waals surface area contributed by atoms with Crippen molar-refractivity contribution < 1.29 is 32.9 Å². The maximum Gasteiger partial charge on any atom is 0.248 e. The second kappa shape index (κ2) is 13.2. The highest BCUT2D eigenvalue weighted by Gasteiger charge is 2.37. The first-order valence-electron chi connectivity index (χ1n) is 13.2. The highest BCUT2D eigenvalue weighted by atomic mass is 19.2. The predicted octanol–water partition coefficient (Wildman–Crippen LogP) is 2.96. The fraction of sp³-hybridized carbons (Fsp3) is 0.448. The number of β-amino-alcohol motifs (C(OH)–C–C–N with tert-alkyl or cyclic N) is 1. The Morgan fingerprint density at radius 1 is 1.02 bits per heavy atom. The van der Waals surface area contributed by atoms with E-state index in [9.17, 15) is 18.7 Å². The van der Waals surface area contributed by atoms with E-state index in [4.69, 9.17) is 14.2 Å². The fourth-order valence-electron chi connectivity index (χ4n) is 4.82. The average molecular weight is 559 g/mol. The van der Waals surface area contributed by atoms with Gasteiger partial charge in [0.2, 0.25) is 5.91 Å². The van der Waals surface area contributed by atoms with Crippen molar-refractivity contribution in [3.63, 3.8) is 0 Å². The van der Waals surface area contributed by atoms with Crippen LogP contribution in [0.15, 0.2) is 48.5 Å². The van der Waals surface area contributed by atoms with Crippen LogP contribution in [-0.2, 0) is 22.6 Å². The first-order chi connectivity index (χ1) is 19.1. The second-order valence-electron chi connectivity index (χ2n) is 10.2. The van der Waals surface area contributed by atoms with Gasteiger partial charge in [-0.1, -0.05) is 12.1 Å². The molecule has 1 aliphatic rings. The summed E-state index contributed by atoms with van der Waals surface area (Å²) in [5.41, 5.74) is 1.55. The predicted molar refractivity (Wildman–Crippen MR) is 144 cm³/mol. The number of benzene rings is 2. The zero-order chi connectivity index (χ0) is 28.7. The molecule has 2 aromatic carbocycles. The number of hydrogen-bond donors (Lipinski definition) is 1. The monoisotopic (exact) mass is 558 g/mol. The summed E-state index contributed by atoms with van der Waals surface area (Å²) in [7, 11) is 1.44. The van der Waals surface area contributed by atoms with E-state index >= 15 is 0 Å². The van der Waals surface area contributed by atoms with Gasteiger partial charge in [0, 0.05) is 45.0 Å². The molecule has 1 saturated heterocycles. The zero-order valence-corrected chi connectivity index (χ0v) is 23.1. The number of aryl methyl sites for hydroxylation is 2. The lowest BCUT2D eigenvalue weighted by atomic mass is 10.0.